The summed E-state index contributed by atoms with van der Waals surface area (Å²) in [6, 6.07) is 0.197. The third kappa shape index (κ3) is 5.42. The van der Waals surface area contributed by atoms with Gasteiger partial charge in [0.1, 0.15) is 5.60 Å². The fraction of sp³-hybridized carbons (Fsp3) is 0.800. The van der Waals surface area contributed by atoms with Gasteiger partial charge >= 0.3 is 6.09 Å². The predicted molar refractivity (Wildman–Crippen MR) is 107 cm³/mol. The quantitative estimate of drug-likeness (QED) is 0.847. The van der Waals surface area contributed by atoms with Crippen molar-refractivity contribution in [2.24, 2.45) is 5.92 Å². The van der Waals surface area contributed by atoms with Crippen molar-refractivity contribution < 1.29 is 14.6 Å². The fourth-order valence-corrected chi connectivity index (χ4v) is 5.08. The normalized spacial score (nSPS) is 22.0. The SMILES string of the molecule is CC(C)(C)OC(=O)N1CCC(C(CO)N2CCC(c3nccs3)CC2)CC1. The second kappa shape index (κ2) is 8.88. The van der Waals surface area contributed by atoms with Gasteiger partial charge in [-0.15, -0.1) is 11.3 Å². The second-order valence-electron chi connectivity index (χ2n) is 8.74. The van der Waals surface area contributed by atoms with Gasteiger partial charge in [0.25, 0.3) is 0 Å². The number of ether oxygens (including phenoxy) is 1. The van der Waals surface area contributed by atoms with Gasteiger partial charge in [-0.3, -0.25) is 4.90 Å². The molecule has 152 valence electrons. The van der Waals surface area contributed by atoms with E-state index in [0.29, 0.717) is 24.9 Å². The Morgan fingerprint density at radius 1 is 1.26 bits per heavy atom. The first-order chi connectivity index (χ1) is 12.9. The molecule has 0 aromatic carbocycles. The molecule has 1 amide bonds. The van der Waals surface area contributed by atoms with Crippen molar-refractivity contribution in [1.29, 1.82) is 0 Å². The van der Waals surface area contributed by atoms with Crippen LogP contribution in [0.2, 0.25) is 0 Å². The van der Waals surface area contributed by atoms with Crippen LogP contribution in [0.15, 0.2) is 11.6 Å². The van der Waals surface area contributed by atoms with Gasteiger partial charge in [0.15, 0.2) is 0 Å². The second-order valence-corrected chi connectivity index (χ2v) is 9.66. The van der Waals surface area contributed by atoms with Crippen molar-refractivity contribution in [1.82, 2.24) is 14.8 Å². The summed E-state index contributed by atoms with van der Waals surface area (Å²) >= 11 is 1.75. The molecule has 2 saturated heterocycles. The standard InChI is InChI=1S/C20H33N3O3S/c1-20(2,3)26-19(25)23-11-4-15(5-12-23)17(14-24)22-9-6-16(7-10-22)18-21-8-13-27-18/h8,13,15-17,24H,4-7,9-12,14H2,1-3H3. The Bertz CT molecular complexity index is 586. The topological polar surface area (TPSA) is 65.9 Å². The molecule has 2 aliphatic rings. The van der Waals surface area contributed by atoms with Gasteiger partial charge in [-0.2, -0.15) is 0 Å². The number of likely N-dealkylation sites (tertiary alicyclic amines) is 2. The zero-order valence-corrected chi connectivity index (χ0v) is 17.6. The first-order valence-corrected chi connectivity index (χ1v) is 11.0. The van der Waals surface area contributed by atoms with Crippen molar-refractivity contribution in [3.8, 4) is 0 Å². The summed E-state index contributed by atoms with van der Waals surface area (Å²) in [6.45, 7) is 9.35. The highest BCUT2D eigenvalue weighted by molar-refractivity contribution is 7.09. The number of carbonyl (C=O) groups is 1. The monoisotopic (exact) mass is 395 g/mol. The minimum absolute atomic E-state index is 0.193. The van der Waals surface area contributed by atoms with Crippen molar-refractivity contribution in [3.05, 3.63) is 16.6 Å². The zero-order valence-electron chi connectivity index (χ0n) is 16.8. The van der Waals surface area contributed by atoms with E-state index in [4.69, 9.17) is 4.74 Å². The lowest BCUT2D eigenvalue weighted by molar-refractivity contribution is 0.00466. The van der Waals surface area contributed by atoms with Crippen molar-refractivity contribution in [2.45, 2.75) is 64.0 Å². The average molecular weight is 396 g/mol. The fourth-order valence-electron chi connectivity index (χ4n) is 4.27. The molecule has 27 heavy (non-hydrogen) atoms. The lowest BCUT2D eigenvalue weighted by Crippen LogP contribution is -2.51. The van der Waals surface area contributed by atoms with Crippen LogP contribution in [-0.2, 0) is 4.74 Å². The van der Waals surface area contributed by atoms with Crippen LogP contribution in [0.4, 0.5) is 4.79 Å². The molecule has 0 saturated carbocycles. The highest BCUT2D eigenvalue weighted by atomic mass is 32.1. The number of hydrogen-bond acceptors (Lipinski definition) is 6. The highest BCUT2D eigenvalue weighted by Gasteiger charge is 2.35. The lowest BCUT2D eigenvalue weighted by atomic mass is 9.86. The summed E-state index contributed by atoms with van der Waals surface area (Å²) in [5.41, 5.74) is -0.455. The van der Waals surface area contributed by atoms with Gasteiger partial charge in [-0.25, -0.2) is 9.78 Å². The van der Waals surface area contributed by atoms with E-state index >= 15 is 0 Å². The van der Waals surface area contributed by atoms with Crippen LogP contribution in [0.5, 0.6) is 0 Å². The molecule has 0 radical (unpaired) electrons. The number of aliphatic hydroxyl groups excluding tert-OH is 1. The van der Waals surface area contributed by atoms with E-state index in [0.717, 1.165) is 38.8 Å². The summed E-state index contributed by atoms with van der Waals surface area (Å²) in [7, 11) is 0. The molecule has 6 nitrogen and oxygen atoms in total. The first-order valence-electron chi connectivity index (χ1n) is 10.1. The molecule has 1 aromatic heterocycles. The van der Waals surface area contributed by atoms with Crippen LogP contribution < -0.4 is 0 Å². The molecule has 1 atom stereocenters. The Labute approximate surface area is 166 Å². The van der Waals surface area contributed by atoms with Gasteiger partial charge in [0.05, 0.1) is 11.6 Å². The van der Waals surface area contributed by atoms with E-state index in [1.807, 2.05) is 31.9 Å². The third-order valence-corrected chi connectivity index (χ3v) is 6.66. The number of aliphatic hydroxyl groups is 1. The van der Waals surface area contributed by atoms with E-state index < -0.39 is 5.60 Å². The summed E-state index contributed by atoms with van der Waals surface area (Å²) in [6.07, 6.45) is 5.75. The summed E-state index contributed by atoms with van der Waals surface area (Å²) < 4.78 is 5.48. The molecule has 1 aromatic rings. The van der Waals surface area contributed by atoms with Gasteiger partial charge in [-0.05, 0) is 65.5 Å². The van der Waals surface area contributed by atoms with Crippen LogP contribution in [0.25, 0.3) is 0 Å². The van der Waals surface area contributed by atoms with E-state index in [1.54, 1.807) is 11.3 Å². The Morgan fingerprint density at radius 2 is 1.93 bits per heavy atom. The van der Waals surface area contributed by atoms with Crippen LogP contribution in [0, 0.1) is 5.92 Å². The molecule has 1 unspecified atom stereocenters. The maximum absolute atomic E-state index is 12.2. The molecule has 0 bridgehead atoms. The zero-order chi connectivity index (χ0) is 19.4. The maximum atomic E-state index is 12.2. The van der Waals surface area contributed by atoms with Crippen molar-refractivity contribution in [2.75, 3.05) is 32.8 Å². The maximum Gasteiger partial charge on any atom is 0.410 e. The smallest absolute Gasteiger partial charge is 0.410 e. The van der Waals surface area contributed by atoms with E-state index in [9.17, 15) is 9.90 Å². The van der Waals surface area contributed by atoms with Gasteiger partial charge in [-0.1, -0.05) is 0 Å². The molecule has 0 aliphatic carbocycles. The molecular formula is C20H33N3O3S. The average Bonchev–Trinajstić information content (AvgIpc) is 3.17. The summed E-state index contributed by atoms with van der Waals surface area (Å²) in [4.78, 5) is 21.0. The molecule has 1 N–H and O–H groups in total. The molecule has 2 fully saturated rings. The van der Waals surface area contributed by atoms with Gasteiger partial charge in [0.2, 0.25) is 0 Å². The molecular weight excluding hydrogens is 362 g/mol. The molecule has 7 heteroatoms. The molecule has 2 aliphatic heterocycles. The number of amides is 1. The van der Waals surface area contributed by atoms with E-state index in [-0.39, 0.29) is 18.7 Å². The van der Waals surface area contributed by atoms with Crippen LogP contribution in [0.3, 0.4) is 0 Å². The Balaban J connectivity index is 1.49. The van der Waals surface area contributed by atoms with Crippen LogP contribution >= 0.6 is 11.3 Å². The predicted octanol–water partition coefficient (Wildman–Crippen LogP) is 3.33. The minimum Gasteiger partial charge on any atom is -0.444 e. The van der Waals surface area contributed by atoms with Crippen molar-refractivity contribution in [3.63, 3.8) is 0 Å². The number of nitrogens with zero attached hydrogens (tertiary/aromatic N) is 3. The molecule has 3 rings (SSSR count). The van der Waals surface area contributed by atoms with E-state index in [2.05, 4.69) is 15.3 Å². The first kappa shape index (κ1) is 20.6. The number of hydrogen-bond donors (Lipinski definition) is 1. The number of aromatic nitrogens is 1. The van der Waals surface area contributed by atoms with Crippen molar-refractivity contribution >= 4 is 17.4 Å². The number of thiazole rings is 1. The van der Waals surface area contributed by atoms with Crippen LogP contribution in [-0.4, -0.2) is 70.4 Å². The largest absolute Gasteiger partial charge is 0.444 e. The lowest BCUT2D eigenvalue weighted by Gasteiger charge is -2.43. The Hall–Kier alpha value is -1.18. The van der Waals surface area contributed by atoms with E-state index in [1.165, 1.54) is 5.01 Å². The number of carbonyl (C=O) groups excluding carboxylic acids is 1. The molecule has 0 spiro atoms. The van der Waals surface area contributed by atoms with Crippen LogP contribution in [0.1, 0.15) is 57.4 Å². The highest BCUT2D eigenvalue weighted by Crippen LogP contribution is 2.33. The number of piperidine rings is 2. The summed E-state index contributed by atoms with van der Waals surface area (Å²) in [5.74, 6) is 1.000. The Kier molecular flexibility index (Phi) is 6.76. The summed E-state index contributed by atoms with van der Waals surface area (Å²) in [5, 5.41) is 13.4. The number of rotatable bonds is 4. The molecule has 3 heterocycles. The van der Waals surface area contributed by atoms with Gasteiger partial charge < -0.3 is 14.7 Å². The van der Waals surface area contributed by atoms with Gasteiger partial charge in [0, 0.05) is 36.6 Å². The third-order valence-electron chi connectivity index (χ3n) is 5.72. The Morgan fingerprint density at radius 3 is 2.44 bits per heavy atom. The minimum atomic E-state index is -0.455.